The molecule has 5 nitrogen and oxygen atoms in total. The molecule has 0 aromatic heterocycles. The molecule has 0 saturated carbocycles. The van der Waals surface area contributed by atoms with Gasteiger partial charge in [-0.05, 0) is 25.5 Å². The molecule has 2 N–H and O–H groups in total. The summed E-state index contributed by atoms with van der Waals surface area (Å²) in [6.45, 7) is 2.99. The fourth-order valence-corrected chi connectivity index (χ4v) is 2.22. The molecule has 22 heavy (non-hydrogen) atoms. The van der Waals surface area contributed by atoms with Crippen molar-refractivity contribution in [3.05, 3.63) is 29.3 Å². The normalized spacial score (nSPS) is 21.9. The first-order valence-electron chi connectivity index (χ1n) is 6.60. The van der Waals surface area contributed by atoms with E-state index in [9.17, 15) is 28.2 Å². The average molecular weight is 316 g/mol. The number of hydrazone groups is 1. The number of hydrogen-bond donors (Lipinski definition) is 2. The van der Waals surface area contributed by atoms with Crippen LogP contribution in [0.15, 0.2) is 23.3 Å². The molecule has 1 aliphatic rings. The number of rotatable bonds is 2. The van der Waals surface area contributed by atoms with Gasteiger partial charge in [0, 0.05) is 23.3 Å². The van der Waals surface area contributed by atoms with Crippen LogP contribution in [0.3, 0.4) is 0 Å². The second-order valence-corrected chi connectivity index (χ2v) is 5.08. The van der Waals surface area contributed by atoms with Crippen LogP contribution in [0.2, 0.25) is 0 Å². The Morgan fingerprint density at radius 3 is 2.64 bits per heavy atom. The van der Waals surface area contributed by atoms with Gasteiger partial charge in [-0.15, -0.1) is 0 Å². The Balaban J connectivity index is 2.50. The zero-order valence-corrected chi connectivity index (χ0v) is 12.0. The fourth-order valence-electron chi connectivity index (χ4n) is 2.22. The van der Waals surface area contributed by atoms with E-state index in [2.05, 4.69) is 5.10 Å². The van der Waals surface area contributed by atoms with Crippen molar-refractivity contribution in [3.63, 3.8) is 0 Å². The van der Waals surface area contributed by atoms with Crippen molar-refractivity contribution in [3.8, 4) is 5.75 Å². The lowest BCUT2D eigenvalue weighted by Gasteiger charge is -2.32. The summed E-state index contributed by atoms with van der Waals surface area (Å²) in [5.41, 5.74) is -3.32. The summed E-state index contributed by atoms with van der Waals surface area (Å²) >= 11 is 0. The van der Waals surface area contributed by atoms with Crippen LogP contribution in [0, 0.1) is 6.92 Å². The van der Waals surface area contributed by atoms with Crippen LogP contribution in [0.5, 0.6) is 5.75 Å². The van der Waals surface area contributed by atoms with Gasteiger partial charge in [0.2, 0.25) is 0 Å². The number of aliphatic hydroxyl groups is 1. The molecule has 0 bridgehead atoms. The second kappa shape index (κ2) is 5.28. The number of phenolic OH excluding ortho intramolecular Hbond substituents is 1. The Morgan fingerprint density at radius 2 is 2.09 bits per heavy atom. The minimum absolute atomic E-state index is 0.0631. The number of phenols is 1. The number of nitrogens with zero attached hydrogens (tertiary/aromatic N) is 2. The Kier molecular flexibility index (Phi) is 3.90. The molecule has 0 saturated heterocycles. The van der Waals surface area contributed by atoms with Crippen LogP contribution in [0.1, 0.15) is 35.7 Å². The molecule has 1 aliphatic heterocycles. The minimum Gasteiger partial charge on any atom is -0.508 e. The quantitative estimate of drug-likeness (QED) is 0.881. The number of carbonyl (C=O) groups excluding carboxylic acids is 1. The highest BCUT2D eigenvalue weighted by atomic mass is 19.4. The van der Waals surface area contributed by atoms with E-state index in [1.165, 1.54) is 25.1 Å². The molecular formula is C14H15F3N2O3. The lowest BCUT2D eigenvalue weighted by atomic mass is 10.0. The molecule has 1 heterocycles. The van der Waals surface area contributed by atoms with Crippen LogP contribution in [-0.4, -0.2) is 38.7 Å². The van der Waals surface area contributed by atoms with Crippen LogP contribution in [0.4, 0.5) is 13.2 Å². The molecule has 8 heteroatoms. The number of carbonyl (C=O) groups is 1. The SMILES string of the molecule is CCC1=NN(C(=O)c2cccc(O)c2C)[C@@](O)(C(F)(F)F)C1. The van der Waals surface area contributed by atoms with Gasteiger partial charge in [-0.1, -0.05) is 13.0 Å². The van der Waals surface area contributed by atoms with Gasteiger partial charge in [0.05, 0.1) is 0 Å². The summed E-state index contributed by atoms with van der Waals surface area (Å²) < 4.78 is 39.6. The molecule has 1 amide bonds. The molecule has 0 spiro atoms. The Morgan fingerprint density at radius 1 is 1.45 bits per heavy atom. The maximum Gasteiger partial charge on any atom is 0.438 e. The third-order valence-corrected chi connectivity index (χ3v) is 3.63. The molecule has 1 aromatic rings. The summed E-state index contributed by atoms with van der Waals surface area (Å²) in [7, 11) is 0. The largest absolute Gasteiger partial charge is 0.508 e. The topological polar surface area (TPSA) is 73.1 Å². The van der Waals surface area contributed by atoms with E-state index < -0.39 is 24.2 Å². The predicted molar refractivity (Wildman–Crippen MR) is 72.4 cm³/mol. The first-order chi connectivity index (χ1) is 10.1. The molecule has 0 aliphatic carbocycles. The van der Waals surface area contributed by atoms with Crippen LogP contribution in [0.25, 0.3) is 0 Å². The highest BCUT2D eigenvalue weighted by Crippen LogP contribution is 2.41. The van der Waals surface area contributed by atoms with Gasteiger partial charge in [0.1, 0.15) is 5.75 Å². The van der Waals surface area contributed by atoms with E-state index in [-0.39, 0.29) is 34.0 Å². The molecule has 0 unspecified atom stereocenters. The van der Waals surface area contributed by atoms with Crippen molar-refractivity contribution >= 4 is 11.6 Å². The number of hydrogen-bond acceptors (Lipinski definition) is 4. The fraction of sp³-hybridized carbons (Fsp3) is 0.429. The van der Waals surface area contributed by atoms with Crippen molar-refractivity contribution in [2.24, 2.45) is 5.10 Å². The highest BCUT2D eigenvalue weighted by Gasteiger charge is 2.63. The molecule has 0 fully saturated rings. The van der Waals surface area contributed by atoms with Gasteiger partial charge in [-0.25, -0.2) is 0 Å². The lowest BCUT2D eigenvalue weighted by Crippen LogP contribution is -2.56. The standard InChI is InChI=1S/C14H15F3N2O3/c1-3-9-7-13(22,14(15,16)17)19(18-9)12(21)10-5-4-6-11(20)8(10)2/h4-6,20,22H,3,7H2,1-2H3/t13-/m0/s1. The van der Waals surface area contributed by atoms with E-state index in [1.54, 1.807) is 6.92 Å². The Bertz CT molecular complexity index is 643. The predicted octanol–water partition coefficient (Wildman–Crippen LogP) is 2.56. The third-order valence-electron chi connectivity index (χ3n) is 3.63. The summed E-state index contributed by atoms with van der Waals surface area (Å²) in [5, 5.41) is 23.3. The average Bonchev–Trinajstić information content (AvgIpc) is 2.79. The summed E-state index contributed by atoms with van der Waals surface area (Å²) in [6.07, 6.45) is -5.65. The van der Waals surface area contributed by atoms with Gasteiger partial charge in [0.15, 0.2) is 0 Å². The van der Waals surface area contributed by atoms with E-state index in [4.69, 9.17) is 0 Å². The van der Waals surface area contributed by atoms with Crippen LogP contribution >= 0.6 is 0 Å². The first kappa shape index (κ1) is 16.3. The summed E-state index contributed by atoms with van der Waals surface area (Å²) in [4.78, 5) is 12.4. The van der Waals surface area contributed by atoms with E-state index in [0.717, 1.165) is 0 Å². The maximum absolute atomic E-state index is 13.2. The van der Waals surface area contributed by atoms with Crippen molar-refractivity contribution < 1.29 is 28.2 Å². The zero-order valence-electron chi connectivity index (χ0n) is 12.0. The molecule has 1 atom stereocenters. The number of halogens is 3. The second-order valence-electron chi connectivity index (χ2n) is 5.08. The van der Waals surface area contributed by atoms with E-state index in [0.29, 0.717) is 0 Å². The van der Waals surface area contributed by atoms with Gasteiger partial charge in [-0.3, -0.25) is 4.79 Å². The van der Waals surface area contributed by atoms with E-state index in [1.807, 2.05) is 0 Å². The van der Waals surface area contributed by atoms with Gasteiger partial charge in [0.25, 0.3) is 11.6 Å². The van der Waals surface area contributed by atoms with Gasteiger partial charge in [-0.2, -0.15) is 23.3 Å². The number of aromatic hydroxyl groups is 1. The Hall–Kier alpha value is -2.09. The first-order valence-corrected chi connectivity index (χ1v) is 6.60. The number of amides is 1. The minimum atomic E-state index is -5.05. The van der Waals surface area contributed by atoms with Gasteiger partial charge >= 0.3 is 6.18 Å². The van der Waals surface area contributed by atoms with E-state index >= 15 is 0 Å². The smallest absolute Gasteiger partial charge is 0.438 e. The van der Waals surface area contributed by atoms with Crippen molar-refractivity contribution in [1.29, 1.82) is 0 Å². The molecular weight excluding hydrogens is 301 g/mol. The summed E-state index contributed by atoms with van der Waals surface area (Å²) in [5.74, 6) is -1.34. The lowest BCUT2D eigenvalue weighted by molar-refractivity contribution is -0.297. The monoisotopic (exact) mass is 316 g/mol. The highest BCUT2D eigenvalue weighted by molar-refractivity contribution is 5.99. The third kappa shape index (κ3) is 2.43. The van der Waals surface area contributed by atoms with Crippen LogP contribution in [-0.2, 0) is 0 Å². The molecule has 1 aromatic carbocycles. The van der Waals surface area contributed by atoms with Crippen molar-refractivity contribution in [2.75, 3.05) is 0 Å². The number of benzene rings is 1. The zero-order chi connectivity index (χ0) is 16.7. The molecule has 2 rings (SSSR count). The van der Waals surface area contributed by atoms with Crippen LogP contribution < -0.4 is 0 Å². The molecule has 0 radical (unpaired) electrons. The van der Waals surface area contributed by atoms with Gasteiger partial charge < -0.3 is 10.2 Å². The Labute approximate surface area is 124 Å². The van der Waals surface area contributed by atoms with Crippen molar-refractivity contribution in [2.45, 2.75) is 38.6 Å². The molecule has 120 valence electrons. The maximum atomic E-state index is 13.2. The number of alkyl halides is 3. The van der Waals surface area contributed by atoms with Crippen molar-refractivity contribution in [1.82, 2.24) is 5.01 Å². The summed E-state index contributed by atoms with van der Waals surface area (Å²) in [6, 6.07) is 3.92.